The van der Waals surface area contributed by atoms with E-state index in [0.717, 1.165) is 14.7 Å². The quantitative estimate of drug-likeness (QED) is 0.523. The lowest BCUT2D eigenvalue weighted by Gasteiger charge is -2.34. The molecule has 1 N–H and O–H groups in total. The Morgan fingerprint density at radius 1 is 1.18 bits per heavy atom. The summed E-state index contributed by atoms with van der Waals surface area (Å²) in [5, 5.41) is 4.18. The van der Waals surface area contributed by atoms with Crippen molar-refractivity contribution in [1.82, 2.24) is 9.88 Å². The third-order valence-corrected chi connectivity index (χ3v) is 6.24. The van der Waals surface area contributed by atoms with E-state index < -0.39 is 0 Å². The molecular formula is C18H13BrCl2N4O2S. The average Bonchev–Trinajstić information content (AvgIpc) is 3.03. The van der Waals surface area contributed by atoms with Crippen LogP contribution in [0.1, 0.15) is 0 Å². The molecule has 1 aromatic heterocycles. The number of nitrogens with one attached hydrogen (secondary N) is 1. The van der Waals surface area contributed by atoms with Crippen molar-refractivity contribution < 1.29 is 9.59 Å². The minimum absolute atomic E-state index is 0.0404. The number of benzene rings is 2. The van der Waals surface area contributed by atoms with E-state index in [0.29, 0.717) is 34.0 Å². The lowest BCUT2D eigenvalue weighted by atomic mass is 10.2. The van der Waals surface area contributed by atoms with Crippen LogP contribution in [0, 0.1) is 0 Å². The van der Waals surface area contributed by atoms with Crippen molar-refractivity contribution in [1.29, 1.82) is 0 Å². The molecule has 1 fully saturated rings. The molecule has 3 amide bonds. The molecule has 0 saturated carbocycles. The van der Waals surface area contributed by atoms with E-state index in [1.165, 1.54) is 16.2 Å². The van der Waals surface area contributed by atoms with E-state index in [1.54, 1.807) is 23.1 Å². The number of piperazine rings is 1. The number of aromatic nitrogens is 1. The highest BCUT2D eigenvalue weighted by atomic mass is 79.9. The first-order chi connectivity index (χ1) is 13.4. The topological polar surface area (TPSA) is 65.5 Å². The van der Waals surface area contributed by atoms with E-state index in [-0.39, 0.29) is 18.5 Å². The summed E-state index contributed by atoms with van der Waals surface area (Å²) in [5.74, 6) is -0.209. The number of halogens is 3. The molecule has 0 aliphatic carbocycles. The van der Waals surface area contributed by atoms with E-state index in [4.69, 9.17) is 23.2 Å². The summed E-state index contributed by atoms with van der Waals surface area (Å²) < 4.78 is 1.91. The Morgan fingerprint density at radius 3 is 2.75 bits per heavy atom. The molecule has 10 heteroatoms. The van der Waals surface area contributed by atoms with Crippen LogP contribution in [0.3, 0.4) is 0 Å². The predicted molar refractivity (Wildman–Crippen MR) is 117 cm³/mol. The summed E-state index contributed by atoms with van der Waals surface area (Å²) in [6, 6.07) is 10.3. The molecule has 4 rings (SSSR count). The standard InChI is InChI=1S/C18H13BrCl2N4O2S/c19-10-1-3-13-15(7-10)28-17(22-13)23-18(27)24-5-6-25(16(26)9-24)14-4-2-11(20)8-12(14)21/h1-4,7-8H,5-6,9H2,(H,22,23,27). The van der Waals surface area contributed by atoms with Crippen molar-refractivity contribution in [3.05, 3.63) is 50.9 Å². The normalized spacial score (nSPS) is 14.6. The van der Waals surface area contributed by atoms with Crippen molar-refractivity contribution in [2.24, 2.45) is 0 Å². The zero-order valence-corrected chi connectivity index (χ0v) is 18.2. The van der Waals surface area contributed by atoms with Crippen LogP contribution in [0.2, 0.25) is 10.0 Å². The second kappa shape index (κ2) is 7.87. The van der Waals surface area contributed by atoms with E-state index in [9.17, 15) is 9.59 Å². The van der Waals surface area contributed by atoms with E-state index >= 15 is 0 Å². The molecule has 1 aliphatic rings. The highest BCUT2D eigenvalue weighted by molar-refractivity contribution is 9.10. The summed E-state index contributed by atoms with van der Waals surface area (Å²) in [7, 11) is 0. The van der Waals surface area contributed by atoms with Crippen molar-refractivity contribution in [2.45, 2.75) is 0 Å². The zero-order valence-electron chi connectivity index (χ0n) is 14.3. The molecule has 0 unspecified atom stereocenters. The number of carbonyl (C=O) groups excluding carboxylic acids is 2. The summed E-state index contributed by atoms with van der Waals surface area (Å²) in [4.78, 5) is 32.6. The molecule has 3 aromatic rings. The van der Waals surface area contributed by atoms with Crippen molar-refractivity contribution in [3.8, 4) is 0 Å². The maximum atomic E-state index is 12.6. The van der Waals surface area contributed by atoms with Gasteiger partial charge in [0.1, 0.15) is 6.54 Å². The lowest BCUT2D eigenvalue weighted by molar-refractivity contribution is -0.120. The van der Waals surface area contributed by atoms with Crippen molar-refractivity contribution in [2.75, 3.05) is 29.9 Å². The smallest absolute Gasteiger partial charge is 0.313 e. The van der Waals surface area contributed by atoms with Gasteiger partial charge in [0.2, 0.25) is 5.91 Å². The number of thiazole rings is 1. The van der Waals surface area contributed by atoms with Gasteiger partial charge >= 0.3 is 6.03 Å². The van der Waals surface area contributed by atoms with Gasteiger partial charge in [-0.05, 0) is 36.4 Å². The number of anilines is 2. The maximum Gasteiger partial charge on any atom is 0.324 e. The first-order valence-electron chi connectivity index (χ1n) is 8.28. The van der Waals surface area contributed by atoms with Crippen LogP contribution in [0.4, 0.5) is 15.6 Å². The summed E-state index contributed by atoms with van der Waals surface area (Å²) in [6.07, 6.45) is 0. The minimum Gasteiger partial charge on any atom is -0.313 e. The zero-order chi connectivity index (χ0) is 19.8. The SMILES string of the molecule is O=C(Nc1nc2ccc(Br)cc2s1)N1CCN(c2ccc(Cl)cc2Cl)C(=O)C1. The van der Waals surface area contributed by atoms with Gasteiger partial charge in [-0.15, -0.1) is 0 Å². The Labute approximate surface area is 183 Å². The fourth-order valence-corrected chi connectivity index (χ4v) is 4.84. The third kappa shape index (κ3) is 3.96. The highest BCUT2D eigenvalue weighted by Gasteiger charge is 2.29. The molecular weight excluding hydrogens is 487 g/mol. The van der Waals surface area contributed by atoms with Gasteiger partial charge in [0.15, 0.2) is 5.13 Å². The fraction of sp³-hybridized carbons (Fsp3) is 0.167. The van der Waals surface area contributed by atoms with Crippen LogP contribution in [0.15, 0.2) is 40.9 Å². The van der Waals surface area contributed by atoms with Gasteiger partial charge in [-0.2, -0.15) is 0 Å². The lowest BCUT2D eigenvalue weighted by Crippen LogP contribution is -2.53. The number of amides is 3. The predicted octanol–water partition coefficient (Wildman–Crippen LogP) is 5.25. The first-order valence-corrected chi connectivity index (χ1v) is 10.6. The third-order valence-electron chi connectivity index (χ3n) is 4.27. The van der Waals surface area contributed by atoms with Gasteiger partial charge in [0.05, 0.1) is 20.9 Å². The molecule has 0 bridgehead atoms. The average molecular weight is 500 g/mol. The largest absolute Gasteiger partial charge is 0.324 e. The number of hydrogen-bond donors (Lipinski definition) is 1. The Bertz CT molecular complexity index is 1090. The summed E-state index contributed by atoms with van der Waals surface area (Å²) >= 11 is 16.9. The minimum atomic E-state index is -0.353. The number of nitrogens with zero attached hydrogens (tertiary/aromatic N) is 3. The van der Waals surface area contributed by atoms with Crippen LogP contribution in [-0.4, -0.2) is 41.5 Å². The second-order valence-corrected chi connectivity index (χ2v) is 8.91. The number of fused-ring (bicyclic) bond motifs is 1. The Morgan fingerprint density at radius 2 is 2.00 bits per heavy atom. The molecule has 2 heterocycles. The molecule has 2 aromatic carbocycles. The molecule has 28 heavy (non-hydrogen) atoms. The van der Waals surface area contributed by atoms with Gasteiger partial charge in [-0.1, -0.05) is 50.5 Å². The second-order valence-electron chi connectivity index (χ2n) is 6.12. The molecule has 0 spiro atoms. The molecule has 1 aliphatic heterocycles. The van der Waals surface area contributed by atoms with Gasteiger partial charge in [0, 0.05) is 22.6 Å². The van der Waals surface area contributed by atoms with Crippen LogP contribution < -0.4 is 10.2 Å². The van der Waals surface area contributed by atoms with Gasteiger partial charge in [-0.3, -0.25) is 10.1 Å². The molecule has 144 valence electrons. The van der Waals surface area contributed by atoms with E-state index in [2.05, 4.69) is 26.2 Å². The number of urea groups is 1. The first kappa shape index (κ1) is 19.4. The van der Waals surface area contributed by atoms with Crippen molar-refractivity contribution >= 4 is 83.4 Å². The number of carbonyl (C=O) groups is 2. The maximum absolute atomic E-state index is 12.6. The number of rotatable bonds is 2. The number of hydrogen-bond acceptors (Lipinski definition) is 4. The molecule has 0 radical (unpaired) electrons. The van der Waals surface area contributed by atoms with Crippen LogP contribution in [0.5, 0.6) is 0 Å². The van der Waals surface area contributed by atoms with Crippen molar-refractivity contribution in [3.63, 3.8) is 0 Å². The van der Waals surface area contributed by atoms with E-state index in [1.807, 2.05) is 18.2 Å². The highest BCUT2D eigenvalue weighted by Crippen LogP contribution is 2.31. The van der Waals surface area contributed by atoms with Crippen LogP contribution in [-0.2, 0) is 4.79 Å². The Hall–Kier alpha value is -1.87. The van der Waals surface area contributed by atoms with Crippen LogP contribution in [0.25, 0.3) is 10.2 Å². The molecule has 0 atom stereocenters. The Balaban J connectivity index is 1.44. The summed E-state index contributed by atoms with van der Waals surface area (Å²) in [5.41, 5.74) is 1.40. The van der Waals surface area contributed by atoms with Gasteiger partial charge in [-0.25, -0.2) is 9.78 Å². The van der Waals surface area contributed by atoms with Gasteiger partial charge < -0.3 is 9.80 Å². The fourth-order valence-electron chi connectivity index (χ4n) is 2.92. The molecule has 6 nitrogen and oxygen atoms in total. The monoisotopic (exact) mass is 498 g/mol. The van der Waals surface area contributed by atoms with Gasteiger partial charge in [0.25, 0.3) is 0 Å². The summed E-state index contributed by atoms with van der Waals surface area (Å²) in [6.45, 7) is 0.689. The van der Waals surface area contributed by atoms with Crippen LogP contribution >= 0.6 is 50.5 Å². The Kier molecular flexibility index (Phi) is 5.46. The molecule has 1 saturated heterocycles.